The lowest BCUT2D eigenvalue weighted by Gasteiger charge is -2.05. The van der Waals surface area contributed by atoms with Gasteiger partial charge >= 0.3 is 0 Å². The average Bonchev–Trinajstić information content (AvgIpc) is 3.48. The van der Waals surface area contributed by atoms with Crippen molar-refractivity contribution in [1.82, 2.24) is 30.5 Å². The minimum Gasteiger partial charge on any atom is -0.442 e. The molecule has 29 heavy (non-hydrogen) atoms. The number of rotatable bonds is 6. The van der Waals surface area contributed by atoms with Gasteiger partial charge in [0.15, 0.2) is 12.2 Å². The molecule has 5 rings (SSSR count). The van der Waals surface area contributed by atoms with Crippen LogP contribution in [-0.2, 0) is 6.42 Å². The summed E-state index contributed by atoms with van der Waals surface area (Å²) < 4.78 is 5.23. The van der Waals surface area contributed by atoms with Crippen molar-refractivity contribution in [2.45, 2.75) is 6.42 Å². The minimum atomic E-state index is 0.510. The smallest absolute Gasteiger partial charge is 0.181 e. The van der Waals surface area contributed by atoms with Crippen molar-refractivity contribution >= 4 is 33.3 Å². The van der Waals surface area contributed by atoms with Crippen molar-refractivity contribution in [3.8, 4) is 11.3 Å². The zero-order valence-corrected chi connectivity index (χ0v) is 15.6. The number of nitrogens with one attached hydrogen (secondary N) is 3. The molecule has 0 spiro atoms. The number of nitrogens with two attached hydrogens (primary N) is 1. The molecule has 5 N–H and O–H groups in total. The van der Waals surface area contributed by atoms with Crippen molar-refractivity contribution < 1.29 is 4.42 Å². The number of anilines is 1. The summed E-state index contributed by atoms with van der Waals surface area (Å²) in [4.78, 5) is 12.0. The maximum atomic E-state index is 6.25. The van der Waals surface area contributed by atoms with Crippen LogP contribution in [0.2, 0.25) is 0 Å². The molecule has 8 heteroatoms. The molecule has 0 atom stereocenters. The Balaban J connectivity index is 1.42. The standard InChI is InChI=1S/C21H19N7O/c1-12(19-10-23-11-29-19)24-6-4-14-9-16-20(26-14)15-3-2-13(17-5-7-25-28-17)8-18(15)27-21(16)22/h2-3,5,7-11,24,26H,1,4,6H2,(H2,22,27)(H,25,28). The third-order valence-corrected chi connectivity index (χ3v) is 4.93. The van der Waals surface area contributed by atoms with E-state index in [4.69, 9.17) is 10.2 Å². The Labute approximate surface area is 165 Å². The van der Waals surface area contributed by atoms with Gasteiger partial charge in [-0.2, -0.15) is 5.10 Å². The van der Waals surface area contributed by atoms with Crippen LogP contribution in [0.15, 0.2) is 60.1 Å². The molecule has 5 aromatic rings. The van der Waals surface area contributed by atoms with Crippen molar-refractivity contribution in [3.63, 3.8) is 0 Å². The molecule has 0 radical (unpaired) electrons. The van der Waals surface area contributed by atoms with Gasteiger partial charge in [0.1, 0.15) is 5.82 Å². The fraction of sp³-hybridized carbons (Fsp3) is 0.0952. The van der Waals surface area contributed by atoms with Crippen molar-refractivity contribution in [2.75, 3.05) is 12.3 Å². The molecular formula is C21H19N7O. The molecule has 0 bridgehead atoms. The van der Waals surface area contributed by atoms with Gasteiger partial charge in [0.25, 0.3) is 0 Å². The molecule has 4 aromatic heterocycles. The summed E-state index contributed by atoms with van der Waals surface area (Å²) >= 11 is 0. The van der Waals surface area contributed by atoms with Crippen LogP contribution in [0.5, 0.6) is 0 Å². The predicted octanol–water partition coefficient (Wildman–Crippen LogP) is 3.48. The molecule has 0 aliphatic carbocycles. The molecule has 0 saturated carbocycles. The average molecular weight is 385 g/mol. The van der Waals surface area contributed by atoms with Crippen LogP contribution in [-0.4, -0.2) is 31.7 Å². The van der Waals surface area contributed by atoms with E-state index in [-0.39, 0.29) is 0 Å². The van der Waals surface area contributed by atoms with Crippen LogP contribution < -0.4 is 11.1 Å². The summed E-state index contributed by atoms with van der Waals surface area (Å²) in [6, 6.07) is 10.1. The van der Waals surface area contributed by atoms with Crippen LogP contribution >= 0.6 is 0 Å². The first-order chi connectivity index (χ1) is 14.2. The minimum absolute atomic E-state index is 0.510. The third-order valence-electron chi connectivity index (χ3n) is 4.93. The maximum Gasteiger partial charge on any atom is 0.181 e. The number of nitrogen functional groups attached to an aromatic ring is 1. The second kappa shape index (κ2) is 6.83. The van der Waals surface area contributed by atoms with Gasteiger partial charge in [-0.05, 0) is 18.2 Å². The summed E-state index contributed by atoms with van der Waals surface area (Å²) in [6.07, 6.45) is 5.52. The number of pyridine rings is 1. The summed E-state index contributed by atoms with van der Waals surface area (Å²) in [6.45, 7) is 4.66. The van der Waals surface area contributed by atoms with Gasteiger partial charge in [-0.15, -0.1) is 0 Å². The Morgan fingerprint density at radius 1 is 1.21 bits per heavy atom. The number of benzene rings is 1. The highest BCUT2D eigenvalue weighted by atomic mass is 16.3. The van der Waals surface area contributed by atoms with Gasteiger partial charge in [-0.3, -0.25) is 5.10 Å². The Morgan fingerprint density at radius 3 is 2.93 bits per heavy atom. The van der Waals surface area contributed by atoms with E-state index >= 15 is 0 Å². The highest BCUT2D eigenvalue weighted by Gasteiger charge is 2.12. The second-order valence-corrected chi connectivity index (χ2v) is 6.80. The number of oxazole rings is 1. The number of nitrogens with zero attached hydrogens (tertiary/aromatic N) is 3. The van der Waals surface area contributed by atoms with E-state index in [0.29, 0.717) is 23.8 Å². The normalized spacial score (nSPS) is 11.3. The molecule has 0 aliphatic heterocycles. The van der Waals surface area contributed by atoms with E-state index in [1.54, 1.807) is 12.4 Å². The molecule has 8 nitrogen and oxygen atoms in total. The number of hydrogen-bond acceptors (Lipinski definition) is 6. The lowest BCUT2D eigenvalue weighted by Crippen LogP contribution is -2.14. The number of fused-ring (bicyclic) bond motifs is 3. The van der Waals surface area contributed by atoms with Gasteiger partial charge < -0.3 is 20.5 Å². The van der Waals surface area contributed by atoms with E-state index in [0.717, 1.165) is 45.2 Å². The zero-order chi connectivity index (χ0) is 19.8. The molecule has 4 heterocycles. The SMILES string of the molecule is C=C(NCCc1cc2c(N)nc3cc(-c4ccn[nH]4)ccc3c2[nH]1)c1cnco1. The van der Waals surface area contributed by atoms with E-state index in [2.05, 4.69) is 55.2 Å². The summed E-state index contributed by atoms with van der Waals surface area (Å²) in [5.41, 5.74) is 11.8. The lowest BCUT2D eigenvalue weighted by atomic mass is 10.1. The quantitative estimate of drug-likeness (QED) is 0.355. The van der Waals surface area contributed by atoms with Gasteiger partial charge in [0.05, 0.1) is 28.6 Å². The largest absolute Gasteiger partial charge is 0.442 e. The zero-order valence-electron chi connectivity index (χ0n) is 15.6. The second-order valence-electron chi connectivity index (χ2n) is 6.80. The van der Waals surface area contributed by atoms with E-state index in [1.807, 2.05) is 12.1 Å². The molecule has 0 fully saturated rings. The fourth-order valence-corrected chi connectivity index (χ4v) is 3.47. The number of aromatic nitrogens is 5. The van der Waals surface area contributed by atoms with Crippen LogP contribution in [0.3, 0.4) is 0 Å². The third kappa shape index (κ3) is 3.10. The van der Waals surface area contributed by atoms with Crippen molar-refractivity contribution in [1.29, 1.82) is 0 Å². The van der Waals surface area contributed by atoms with Crippen LogP contribution in [0, 0.1) is 0 Å². The van der Waals surface area contributed by atoms with Gasteiger partial charge in [0.2, 0.25) is 0 Å². The highest BCUT2D eigenvalue weighted by Crippen LogP contribution is 2.31. The summed E-state index contributed by atoms with van der Waals surface area (Å²) in [5.74, 6) is 1.14. The fourth-order valence-electron chi connectivity index (χ4n) is 3.47. The first-order valence-electron chi connectivity index (χ1n) is 9.21. The van der Waals surface area contributed by atoms with Crippen LogP contribution in [0.25, 0.3) is 38.8 Å². The maximum absolute atomic E-state index is 6.25. The van der Waals surface area contributed by atoms with Crippen LogP contribution in [0.1, 0.15) is 11.5 Å². The Kier molecular flexibility index (Phi) is 4.02. The van der Waals surface area contributed by atoms with Crippen molar-refractivity contribution in [2.24, 2.45) is 0 Å². The monoisotopic (exact) mass is 385 g/mol. The Morgan fingerprint density at radius 2 is 2.14 bits per heavy atom. The first-order valence-corrected chi connectivity index (χ1v) is 9.21. The Hall–Kier alpha value is -4.07. The summed E-state index contributed by atoms with van der Waals surface area (Å²) in [7, 11) is 0. The number of hydrogen-bond donors (Lipinski definition) is 4. The molecule has 0 unspecified atom stereocenters. The molecule has 1 aromatic carbocycles. The number of H-pyrrole nitrogens is 2. The molecule has 0 amide bonds. The van der Waals surface area contributed by atoms with E-state index < -0.39 is 0 Å². The van der Waals surface area contributed by atoms with Crippen molar-refractivity contribution in [3.05, 3.63) is 67.2 Å². The van der Waals surface area contributed by atoms with Crippen LogP contribution in [0.4, 0.5) is 5.82 Å². The van der Waals surface area contributed by atoms with E-state index in [1.165, 1.54) is 6.39 Å². The molecule has 0 saturated heterocycles. The molecule has 144 valence electrons. The van der Waals surface area contributed by atoms with Gasteiger partial charge in [0, 0.05) is 41.2 Å². The van der Waals surface area contributed by atoms with Gasteiger partial charge in [-0.25, -0.2) is 9.97 Å². The molecule has 0 aliphatic rings. The number of aromatic amines is 2. The topological polar surface area (TPSA) is 121 Å². The van der Waals surface area contributed by atoms with E-state index in [9.17, 15) is 0 Å². The lowest BCUT2D eigenvalue weighted by molar-refractivity contribution is 0.539. The van der Waals surface area contributed by atoms with Gasteiger partial charge in [-0.1, -0.05) is 18.7 Å². The highest BCUT2D eigenvalue weighted by molar-refractivity contribution is 6.08. The summed E-state index contributed by atoms with van der Waals surface area (Å²) in [5, 5.41) is 12.2. The predicted molar refractivity (Wildman–Crippen MR) is 113 cm³/mol. The Bertz CT molecular complexity index is 1300. The molecular weight excluding hydrogens is 366 g/mol. The first kappa shape index (κ1) is 17.1.